The number of thioether (sulfide) groups is 1. The lowest BCUT2D eigenvalue weighted by molar-refractivity contribution is -0.139. The van der Waals surface area contributed by atoms with Crippen molar-refractivity contribution in [3.8, 4) is 0 Å². The molecule has 0 aliphatic carbocycles. The first-order chi connectivity index (χ1) is 9.81. The van der Waals surface area contributed by atoms with Crippen LogP contribution in [-0.2, 0) is 10.2 Å². The topological polar surface area (TPSA) is 61.4 Å². The summed E-state index contributed by atoms with van der Waals surface area (Å²) in [7, 11) is 0. The van der Waals surface area contributed by atoms with Gasteiger partial charge in [-0.05, 0) is 47.5 Å². The molecule has 0 radical (unpaired) electrons. The molecule has 0 bridgehead atoms. The minimum atomic E-state index is -1.23. The number of carbonyl (C=O) groups is 1. The number of carbonyl (C=O) groups excluding carboxylic acids is 1. The summed E-state index contributed by atoms with van der Waals surface area (Å²) < 4.78 is 0. The molecule has 0 atom stereocenters. The van der Waals surface area contributed by atoms with Crippen molar-refractivity contribution in [1.29, 1.82) is 0 Å². The Labute approximate surface area is 130 Å². The van der Waals surface area contributed by atoms with E-state index >= 15 is 0 Å². The maximum atomic E-state index is 12.1. The first-order valence-corrected chi connectivity index (χ1v) is 8.44. The van der Waals surface area contributed by atoms with E-state index in [1.807, 2.05) is 24.3 Å². The molecular formula is C16H24N2O2S. The van der Waals surface area contributed by atoms with Crippen LogP contribution in [0.2, 0.25) is 0 Å². The molecule has 4 nitrogen and oxygen atoms in total. The SMILES string of the molecule is CC(C)(C)c1ccc(NNC(=O)C2(O)CCSCC2)cc1. The number of hydrogen-bond acceptors (Lipinski definition) is 4. The maximum Gasteiger partial charge on any atom is 0.270 e. The molecule has 1 aliphatic heterocycles. The molecule has 1 aromatic rings. The predicted octanol–water partition coefficient (Wildman–Crippen LogP) is 2.69. The molecule has 1 amide bonds. The molecule has 21 heavy (non-hydrogen) atoms. The number of aliphatic hydroxyl groups is 1. The Balaban J connectivity index is 1.92. The third-order valence-corrected chi connectivity index (χ3v) is 4.80. The van der Waals surface area contributed by atoms with Crippen molar-refractivity contribution < 1.29 is 9.90 Å². The van der Waals surface area contributed by atoms with Crippen molar-refractivity contribution in [1.82, 2.24) is 5.43 Å². The summed E-state index contributed by atoms with van der Waals surface area (Å²) in [6, 6.07) is 7.95. The van der Waals surface area contributed by atoms with E-state index in [0.717, 1.165) is 17.2 Å². The van der Waals surface area contributed by atoms with E-state index in [-0.39, 0.29) is 11.3 Å². The molecule has 0 unspecified atom stereocenters. The Bertz CT molecular complexity index is 488. The quantitative estimate of drug-likeness (QED) is 0.751. The van der Waals surface area contributed by atoms with E-state index in [0.29, 0.717) is 12.8 Å². The van der Waals surface area contributed by atoms with Gasteiger partial charge in [0, 0.05) is 0 Å². The van der Waals surface area contributed by atoms with Crippen LogP contribution in [0.25, 0.3) is 0 Å². The molecule has 1 aliphatic rings. The second kappa shape index (κ2) is 6.28. The maximum absolute atomic E-state index is 12.1. The second-order valence-electron chi connectivity index (χ2n) is 6.55. The zero-order valence-electron chi connectivity index (χ0n) is 12.9. The van der Waals surface area contributed by atoms with Crippen molar-refractivity contribution in [3.05, 3.63) is 29.8 Å². The summed E-state index contributed by atoms with van der Waals surface area (Å²) in [6.07, 6.45) is 1.02. The normalized spacial score (nSPS) is 18.1. The number of nitrogens with one attached hydrogen (secondary N) is 2. The van der Waals surface area contributed by atoms with Crippen molar-refractivity contribution >= 4 is 23.4 Å². The molecule has 5 heteroatoms. The van der Waals surface area contributed by atoms with Crippen LogP contribution in [0.5, 0.6) is 0 Å². The smallest absolute Gasteiger partial charge is 0.270 e. The number of anilines is 1. The van der Waals surface area contributed by atoms with E-state index in [9.17, 15) is 9.90 Å². The molecule has 1 fully saturated rings. The van der Waals surface area contributed by atoms with Gasteiger partial charge in [0.25, 0.3) is 5.91 Å². The third kappa shape index (κ3) is 4.14. The van der Waals surface area contributed by atoms with Gasteiger partial charge < -0.3 is 5.11 Å². The summed E-state index contributed by atoms with van der Waals surface area (Å²) in [4.78, 5) is 12.1. The predicted molar refractivity (Wildman–Crippen MR) is 88.4 cm³/mol. The molecule has 3 N–H and O–H groups in total. The van der Waals surface area contributed by atoms with Gasteiger partial charge in [-0.1, -0.05) is 32.9 Å². The molecular weight excluding hydrogens is 284 g/mol. The molecule has 2 rings (SSSR count). The highest BCUT2D eigenvalue weighted by molar-refractivity contribution is 7.99. The molecule has 0 saturated carbocycles. The van der Waals surface area contributed by atoms with Gasteiger partial charge in [-0.25, -0.2) is 0 Å². The van der Waals surface area contributed by atoms with Gasteiger partial charge in [0.05, 0.1) is 5.69 Å². The Morgan fingerprint density at radius 3 is 2.29 bits per heavy atom. The van der Waals surface area contributed by atoms with Crippen LogP contribution in [0, 0.1) is 0 Å². The molecule has 1 heterocycles. The van der Waals surface area contributed by atoms with Gasteiger partial charge >= 0.3 is 0 Å². The highest BCUT2D eigenvalue weighted by Crippen LogP contribution is 2.27. The summed E-state index contributed by atoms with van der Waals surface area (Å²) in [5.41, 5.74) is 6.42. The first kappa shape index (κ1) is 16.2. The summed E-state index contributed by atoms with van der Waals surface area (Å²) in [5.74, 6) is 1.30. The lowest BCUT2D eigenvalue weighted by Crippen LogP contribution is -2.50. The van der Waals surface area contributed by atoms with Crippen LogP contribution in [0.3, 0.4) is 0 Å². The van der Waals surface area contributed by atoms with E-state index in [1.165, 1.54) is 5.56 Å². The van der Waals surface area contributed by atoms with Gasteiger partial charge in [0.15, 0.2) is 0 Å². The number of hydrazine groups is 1. The number of benzene rings is 1. The van der Waals surface area contributed by atoms with Crippen LogP contribution in [-0.4, -0.2) is 28.1 Å². The molecule has 0 aromatic heterocycles. The second-order valence-corrected chi connectivity index (χ2v) is 7.78. The fourth-order valence-corrected chi connectivity index (χ4v) is 3.40. The third-order valence-electron chi connectivity index (χ3n) is 3.81. The average Bonchev–Trinajstić information content (AvgIpc) is 2.45. The van der Waals surface area contributed by atoms with Crippen LogP contribution in [0.15, 0.2) is 24.3 Å². The zero-order chi connectivity index (χ0) is 15.5. The van der Waals surface area contributed by atoms with E-state index < -0.39 is 5.60 Å². The summed E-state index contributed by atoms with van der Waals surface area (Å²) in [6.45, 7) is 6.48. The fourth-order valence-electron chi connectivity index (χ4n) is 2.23. The lowest BCUT2D eigenvalue weighted by Gasteiger charge is -2.30. The van der Waals surface area contributed by atoms with E-state index in [2.05, 4.69) is 31.6 Å². The minimum Gasteiger partial charge on any atom is -0.380 e. The largest absolute Gasteiger partial charge is 0.380 e. The van der Waals surface area contributed by atoms with Crippen LogP contribution in [0.4, 0.5) is 5.69 Å². The van der Waals surface area contributed by atoms with Gasteiger partial charge in [-0.2, -0.15) is 11.8 Å². The summed E-state index contributed by atoms with van der Waals surface area (Å²) in [5, 5.41) is 10.3. The number of rotatable bonds is 3. The lowest BCUT2D eigenvalue weighted by atomic mass is 9.87. The van der Waals surface area contributed by atoms with Crippen LogP contribution >= 0.6 is 11.8 Å². The monoisotopic (exact) mass is 308 g/mol. The molecule has 0 spiro atoms. The van der Waals surface area contributed by atoms with Crippen molar-refractivity contribution in [2.24, 2.45) is 0 Å². The van der Waals surface area contributed by atoms with Crippen LogP contribution in [0.1, 0.15) is 39.2 Å². The fraction of sp³-hybridized carbons (Fsp3) is 0.562. The Hall–Kier alpha value is -1.20. The van der Waals surface area contributed by atoms with E-state index in [4.69, 9.17) is 0 Å². The van der Waals surface area contributed by atoms with Gasteiger partial charge in [0.1, 0.15) is 5.60 Å². The van der Waals surface area contributed by atoms with Crippen molar-refractivity contribution in [2.75, 3.05) is 16.9 Å². The summed E-state index contributed by atoms with van der Waals surface area (Å²) >= 11 is 1.77. The molecule has 116 valence electrons. The minimum absolute atomic E-state index is 0.108. The van der Waals surface area contributed by atoms with Crippen molar-refractivity contribution in [2.45, 2.75) is 44.6 Å². The standard InChI is InChI=1S/C16H24N2O2S/c1-15(2,3)12-4-6-13(7-5-12)17-18-14(19)16(20)8-10-21-11-9-16/h4-7,17,20H,8-11H2,1-3H3,(H,18,19). The molecule has 1 saturated heterocycles. The molecule has 1 aromatic carbocycles. The van der Waals surface area contributed by atoms with Crippen molar-refractivity contribution in [3.63, 3.8) is 0 Å². The number of amides is 1. The highest BCUT2D eigenvalue weighted by Gasteiger charge is 2.37. The van der Waals surface area contributed by atoms with Gasteiger partial charge in [0.2, 0.25) is 0 Å². The van der Waals surface area contributed by atoms with Gasteiger partial charge in [-0.3, -0.25) is 15.6 Å². The highest BCUT2D eigenvalue weighted by atomic mass is 32.2. The average molecular weight is 308 g/mol. The van der Waals surface area contributed by atoms with E-state index in [1.54, 1.807) is 11.8 Å². The Morgan fingerprint density at radius 1 is 1.19 bits per heavy atom. The van der Waals surface area contributed by atoms with Gasteiger partial charge in [-0.15, -0.1) is 0 Å². The number of hydrogen-bond donors (Lipinski definition) is 3. The Kier molecular flexibility index (Phi) is 4.84. The van der Waals surface area contributed by atoms with Crippen LogP contribution < -0.4 is 10.9 Å². The first-order valence-electron chi connectivity index (χ1n) is 7.28. The zero-order valence-corrected chi connectivity index (χ0v) is 13.7. The Morgan fingerprint density at radius 2 is 1.76 bits per heavy atom.